The Labute approximate surface area is 123 Å². The lowest BCUT2D eigenvalue weighted by molar-refractivity contribution is 0.0478. The first-order chi connectivity index (χ1) is 9.47. The van der Waals surface area contributed by atoms with E-state index in [0.717, 1.165) is 19.4 Å². The monoisotopic (exact) mass is 298 g/mol. The lowest BCUT2D eigenvalue weighted by Crippen LogP contribution is -2.42. The van der Waals surface area contributed by atoms with E-state index in [2.05, 4.69) is 24.1 Å². The molecule has 2 heterocycles. The molecule has 1 aromatic heterocycles. The summed E-state index contributed by atoms with van der Waals surface area (Å²) in [5, 5.41) is 13.5. The number of carbonyl (C=O) groups is 1. The molecule has 0 saturated carbocycles. The number of anilines is 2. The number of aliphatic hydroxyl groups is 1. The molecule has 0 aromatic carbocycles. The number of hydrogen-bond donors (Lipinski definition) is 3. The number of rotatable bonds is 4. The second-order valence-corrected chi connectivity index (χ2v) is 6.55. The van der Waals surface area contributed by atoms with E-state index < -0.39 is 6.10 Å². The number of carbonyl (C=O) groups excluding carboxylic acids is 1. The molecule has 1 fully saturated rings. The molecule has 20 heavy (non-hydrogen) atoms. The minimum atomic E-state index is -0.430. The highest BCUT2D eigenvalue weighted by atomic mass is 32.1. The molecule has 1 aromatic rings. The van der Waals surface area contributed by atoms with Crippen molar-refractivity contribution in [2.45, 2.75) is 32.8 Å². The van der Waals surface area contributed by atoms with Crippen molar-refractivity contribution < 1.29 is 9.90 Å². The number of likely N-dealkylation sites (tertiary alicyclic amines) is 1. The zero-order valence-corrected chi connectivity index (χ0v) is 12.7. The first-order valence-corrected chi connectivity index (χ1v) is 7.76. The molecule has 0 spiro atoms. The van der Waals surface area contributed by atoms with Gasteiger partial charge in [-0.1, -0.05) is 25.2 Å². The average Bonchev–Trinajstić information content (AvgIpc) is 2.77. The van der Waals surface area contributed by atoms with Crippen LogP contribution in [0.25, 0.3) is 0 Å². The van der Waals surface area contributed by atoms with Crippen LogP contribution in [0.15, 0.2) is 0 Å². The van der Waals surface area contributed by atoms with Gasteiger partial charge in [0.15, 0.2) is 5.13 Å². The predicted octanol–water partition coefficient (Wildman–Crippen LogP) is 1.39. The molecule has 1 unspecified atom stereocenters. The van der Waals surface area contributed by atoms with E-state index in [1.54, 1.807) is 4.90 Å². The van der Waals surface area contributed by atoms with Gasteiger partial charge in [-0.15, -0.1) is 0 Å². The van der Waals surface area contributed by atoms with Crippen LogP contribution in [0.2, 0.25) is 0 Å². The van der Waals surface area contributed by atoms with Crippen LogP contribution in [-0.2, 0) is 0 Å². The van der Waals surface area contributed by atoms with E-state index in [9.17, 15) is 9.90 Å². The van der Waals surface area contributed by atoms with Gasteiger partial charge in [0, 0.05) is 19.6 Å². The number of β-amino-alcohol motifs (C(OH)–C–C–N with tert-alkyl or cyclic N) is 1. The van der Waals surface area contributed by atoms with Gasteiger partial charge in [-0.25, -0.2) is 4.98 Å². The molecule has 0 radical (unpaired) electrons. The highest BCUT2D eigenvalue weighted by Gasteiger charge is 2.26. The number of nitrogens with two attached hydrogens (primary N) is 1. The molecule has 1 aliphatic heterocycles. The smallest absolute Gasteiger partial charge is 0.267 e. The maximum Gasteiger partial charge on any atom is 0.267 e. The van der Waals surface area contributed by atoms with Gasteiger partial charge in [0.25, 0.3) is 5.91 Å². The number of aromatic nitrogens is 1. The van der Waals surface area contributed by atoms with Crippen LogP contribution < -0.4 is 11.1 Å². The van der Waals surface area contributed by atoms with Gasteiger partial charge in [0.05, 0.1) is 6.10 Å². The highest BCUT2D eigenvalue weighted by molar-refractivity contribution is 7.18. The Bertz CT molecular complexity index is 475. The molecule has 6 nitrogen and oxygen atoms in total. The van der Waals surface area contributed by atoms with Gasteiger partial charge >= 0.3 is 0 Å². The summed E-state index contributed by atoms with van der Waals surface area (Å²) in [7, 11) is 0. The molecule has 1 amide bonds. The number of nitrogens with one attached hydrogen (secondary N) is 1. The third-order valence-corrected chi connectivity index (χ3v) is 4.21. The van der Waals surface area contributed by atoms with E-state index in [4.69, 9.17) is 5.73 Å². The second kappa shape index (κ2) is 6.41. The number of amides is 1. The van der Waals surface area contributed by atoms with Crippen molar-refractivity contribution in [3.8, 4) is 0 Å². The van der Waals surface area contributed by atoms with Crippen LogP contribution >= 0.6 is 11.3 Å². The Morgan fingerprint density at radius 3 is 3.05 bits per heavy atom. The number of nitrogen functional groups attached to an aromatic ring is 1. The third kappa shape index (κ3) is 3.61. The van der Waals surface area contributed by atoms with Crippen LogP contribution in [0.1, 0.15) is 36.4 Å². The zero-order chi connectivity index (χ0) is 14.7. The lowest BCUT2D eigenvalue weighted by atomic mass is 10.1. The fourth-order valence-electron chi connectivity index (χ4n) is 2.14. The Morgan fingerprint density at radius 2 is 2.40 bits per heavy atom. The topological polar surface area (TPSA) is 91.5 Å². The van der Waals surface area contributed by atoms with Crippen molar-refractivity contribution in [1.82, 2.24) is 9.88 Å². The van der Waals surface area contributed by atoms with Crippen molar-refractivity contribution in [1.29, 1.82) is 0 Å². The normalized spacial score (nSPS) is 19.4. The molecular formula is C13H22N4O2S. The first-order valence-electron chi connectivity index (χ1n) is 6.95. The van der Waals surface area contributed by atoms with E-state index in [1.807, 2.05) is 0 Å². The number of nitrogens with zero attached hydrogens (tertiary/aromatic N) is 2. The summed E-state index contributed by atoms with van der Waals surface area (Å²) in [6.07, 6.45) is 1.15. The van der Waals surface area contributed by atoms with Gasteiger partial charge in [0.1, 0.15) is 10.7 Å². The quantitative estimate of drug-likeness (QED) is 0.781. The van der Waals surface area contributed by atoms with Crippen LogP contribution in [0.4, 0.5) is 10.9 Å². The standard InChI is InChI=1S/C13H22N4O2S/c1-8(2)6-15-13-16-11(14)10(20-13)12(19)17-5-3-4-9(18)7-17/h8-9,18H,3-7,14H2,1-2H3,(H,15,16). The number of hydrogen-bond acceptors (Lipinski definition) is 6. The Hall–Kier alpha value is -1.34. The molecule has 0 bridgehead atoms. The van der Waals surface area contributed by atoms with Gasteiger partial charge in [-0.2, -0.15) is 0 Å². The van der Waals surface area contributed by atoms with Crippen molar-refractivity contribution in [3.05, 3.63) is 4.88 Å². The first kappa shape index (κ1) is 15.1. The van der Waals surface area contributed by atoms with Gasteiger partial charge in [-0.05, 0) is 18.8 Å². The third-order valence-electron chi connectivity index (χ3n) is 3.19. The van der Waals surface area contributed by atoms with Crippen molar-refractivity contribution >= 4 is 28.2 Å². The summed E-state index contributed by atoms with van der Waals surface area (Å²) in [6, 6.07) is 0. The van der Waals surface area contributed by atoms with Crippen LogP contribution in [0.3, 0.4) is 0 Å². The minimum Gasteiger partial charge on any atom is -0.391 e. The van der Waals surface area contributed by atoms with E-state index >= 15 is 0 Å². The molecule has 1 atom stereocenters. The van der Waals surface area contributed by atoms with Crippen LogP contribution in [0, 0.1) is 5.92 Å². The Morgan fingerprint density at radius 1 is 1.65 bits per heavy atom. The summed E-state index contributed by atoms with van der Waals surface area (Å²) in [6.45, 7) is 6.05. The SMILES string of the molecule is CC(C)CNc1nc(N)c(C(=O)N2CCCC(O)C2)s1. The second-order valence-electron chi connectivity index (χ2n) is 5.56. The van der Waals surface area contributed by atoms with E-state index in [1.165, 1.54) is 11.3 Å². The summed E-state index contributed by atoms with van der Waals surface area (Å²) < 4.78 is 0. The van der Waals surface area contributed by atoms with Crippen LogP contribution in [-0.4, -0.2) is 46.6 Å². The number of aliphatic hydroxyl groups excluding tert-OH is 1. The fourth-order valence-corrected chi connectivity index (χ4v) is 2.99. The molecule has 1 saturated heterocycles. The summed E-state index contributed by atoms with van der Waals surface area (Å²) in [5.41, 5.74) is 5.84. The molecule has 4 N–H and O–H groups in total. The number of thiazole rings is 1. The predicted molar refractivity (Wildman–Crippen MR) is 81.0 cm³/mol. The van der Waals surface area contributed by atoms with Gasteiger partial charge in [-0.3, -0.25) is 4.79 Å². The summed E-state index contributed by atoms with van der Waals surface area (Å²) in [4.78, 5) is 18.7. The molecular weight excluding hydrogens is 276 g/mol. The summed E-state index contributed by atoms with van der Waals surface area (Å²) in [5.74, 6) is 0.638. The van der Waals surface area contributed by atoms with Crippen LogP contribution in [0.5, 0.6) is 0 Å². The average molecular weight is 298 g/mol. The van der Waals surface area contributed by atoms with Crippen molar-refractivity contribution in [3.63, 3.8) is 0 Å². The fraction of sp³-hybridized carbons (Fsp3) is 0.692. The van der Waals surface area contributed by atoms with Gasteiger partial charge in [0.2, 0.25) is 0 Å². The molecule has 0 aliphatic carbocycles. The molecule has 112 valence electrons. The Kier molecular flexibility index (Phi) is 4.82. The lowest BCUT2D eigenvalue weighted by Gasteiger charge is -2.29. The molecule has 1 aliphatic rings. The van der Waals surface area contributed by atoms with E-state index in [-0.39, 0.29) is 11.7 Å². The van der Waals surface area contributed by atoms with Crippen molar-refractivity contribution in [2.24, 2.45) is 5.92 Å². The maximum atomic E-state index is 12.4. The number of piperidine rings is 1. The Balaban J connectivity index is 2.05. The molecule has 2 rings (SSSR count). The highest BCUT2D eigenvalue weighted by Crippen LogP contribution is 2.27. The maximum absolute atomic E-state index is 12.4. The minimum absolute atomic E-state index is 0.128. The largest absolute Gasteiger partial charge is 0.391 e. The van der Waals surface area contributed by atoms with Gasteiger partial charge < -0.3 is 21.1 Å². The van der Waals surface area contributed by atoms with Crippen molar-refractivity contribution in [2.75, 3.05) is 30.7 Å². The summed E-state index contributed by atoms with van der Waals surface area (Å²) >= 11 is 1.28. The molecule has 7 heteroatoms. The van der Waals surface area contributed by atoms with E-state index in [0.29, 0.717) is 29.0 Å². The zero-order valence-electron chi connectivity index (χ0n) is 11.9.